The number of aryl methyl sites for hydroxylation is 1. The van der Waals surface area contributed by atoms with Crippen molar-refractivity contribution in [1.29, 1.82) is 0 Å². The van der Waals surface area contributed by atoms with Gasteiger partial charge in [0.25, 0.3) is 11.2 Å². The highest BCUT2D eigenvalue weighted by Crippen LogP contribution is 2.34. The maximum absolute atomic E-state index is 13.6. The molecule has 0 aliphatic heterocycles. The van der Waals surface area contributed by atoms with Crippen molar-refractivity contribution in [3.8, 4) is 35.2 Å². The maximum atomic E-state index is 13.6. The lowest BCUT2D eigenvalue weighted by Crippen LogP contribution is -2.21. The first-order chi connectivity index (χ1) is 18.2. The fourth-order valence-corrected chi connectivity index (χ4v) is 4.09. The van der Waals surface area contributed by atoms with E-state index < -0.39 is 4.92 Å². The number of rotatable bonds is 8. The highest BCUT2D eigenvalue weighted by Gasteiger charge is 2.19. The smallest absolute Gasteiger partial charge is 0.282 e. The van der Waals surface area contributed by atoms with Crippen LogP contribution in [0.25, 0.3) is 22.3 Å². The lowest BCUT2D eigenvalue weighted by molar-refractivity contribution is -0.384. The van der Waals surface area contributed by atoms with Gasteiger partial charge in [-0.15, -0.1) is 6.42 Å². The molecule has 0 saturated heterocycles. The van der Waals surface area contributed by atoms with E-state index in [0.29, 0.717) is 28.0 Å². The zero-order chi connectivity index (χ0) is 27.4. The van der Waals surface area contributed by atoms with Gasteiger partial charge in [0.2, 0.25) is 0 Å². The molecular weight excluding hydrogens is 484 g/mol. The van der Waals surface area contributed by atoms with Crippen LogP contribution in [0.1, 0.15) is 36.5 Å². The number of benzene rings is 3. The molecule has 0 N–H and O–H groups in total. The first-order valence-electron chi connectivity index (χ1n) is 11.8. The summed E-state index contributed by atoms with van der Waals surface area (Å²) in [6, 6.07) is 14.9. The molecule has 9 nitrogen and oxygen atoms in total. The van der Waals surface area contributed by atoms with Crippen LogP contribution in [0.2, 0.25) is 0 Å². The van der Waals surface area contributed by atoms with E-state index in [9.17, 15) is 14.9 Å². The molecule has 1 heterocycles. The van der Waals surface area contributed by atoms with Crippen molar-refractivity contribution in [2.45, 2.75) is 26.7 Å². The highest BCUT2D eigenvalue weighted by molar-refractivity contribution is 5.85. The third-order valence-corrected chi connectivity index (χ3v) is 6.02. The Kier molecular flexibility index (Phi) is 7.53. The quantitative estimate of drug-likeness (QED) is 0.138. The predicted octanol–water partition coefficient (Wildman–Crippen LogP) is 5.31. The molecule has 0 amide bonds. The molecule has 4 rings (SSSR count). The summed E-state index contributed by atoms with van der Waals surface area (Å²) in [5.41, 5.74) is 2.76. The molecule has 0 radical (unpaired) electrons. The van der Waals surface area contributed by atoms with Crippen molar-refractivity contribution in [3.63, 3.8) is 0 Å². The average molecular weight is 511 g/mol. The Morgan fingerprint density at radius 3 is 2.63 bits per heavy atom. The minimum absolute atomic E-state index is 0.0373. The molecule has 0 unspecified atom stereocenters. The summed E-state index contributed by atoms with van der Waals surface area (Å²) in [6.07, 6.45) is 6.65. The van der Waals surface area contributed by atoms with E-state index in [1.807, 2.05) is 25.1 Å². The molecule has 1 aromatic heterocycles. The van der Waals surface area contributed by atoms with Gasteiger partial charge in [-0.2, -0.15) is 9.78 Å². The van der Waals surface area contributed by atoms with Crippen molar-refractivity contribution in [3.05, 3.63) is 91.8 Å². The molecule has 4 aromatic rings. The summed E-state index contributed by atoms with van der Waals surface area (Å²) < 4.78 is 12.3. The van der Waals surface area contributed by atoms with Crippen LogP contribution < -0.4 is 15.0 Å². The van der Waals surface area contributed by atoms with Crippen molar-refractivity contribution < 1.29 is 14.4 Å². The number of methoxy groups -OCH3 is 1. The van der Waals surface area contributed by atoms with Gasteiger partial charge in [-0.25, -0.2) is 4.98 Å². The molecule has 0 aliphatic rings. The molecule has 3 aromatic carbocycles. The standard InChI is InChI=1S/C29H26N4O5/c1-6-13-38-26-12-11-21(33(35)36)15-20(26)17-30-32-28(31-25-10-8-7-9-22(25)29(32)34)24-16-23(18(2)3)27(37-5)14-19(24)4/h1,7-12,14-18H,13H2,2-5H3. The molecule has 38 heavy (non-hydrogen) atoms. The zero-order valence-corrected chi connectivity index (χ0v) is 21.5. The monoisotopic (exact) mass is 510 g/mol. The Bertz CT molecular complexity index is 1660. The van der Waals surface area contributed by atoms with Crippen molar-refractivity contribution in [2.24, 2.45) is 5.10 Å². The summed E-state index contributed by atoms with van der Waals surface area (Å²) in [5.74, 6) is 3.88. The van der Waals surface area contributed by atoms with E-state index in [1.54, 1.807) is 25.3 Å². The second kappa shape index (κ2) is 11.0. The highest BCUT2D eigenvalue weighted by atomic mass is 16.6. The molecule has 0 bridgehead atoms. The van der Waals surface area contributed by atoms with Crippen LogP contribution in [0.3, 0.4) is 0 Å². The largest absolute Gasteiger partial charge is 0.496 e. The van der Waals surface area contributed by atoms with Crippen LogP contribution in [0.5, 0.6) is 11.5 Å². The van der Waals surface area contributed by atoms with E-state index in [4.69, 9.17) is 20.9 Å². The van der Waals surface area contributed by atoms with Crippen LogP contribution in [0.15, 0.2) is 64.5 Å². The van der Waals surface area contributed by atoms with Gasteiger partial charge in [0.05, 0.1) is 29.2 Å². The van der Waals surface area contributed by atoms with E-state index in [0.717, 1.165) is 16.9 Å². The minimum atomic E-state index is -0.522. The number of nitrogens with zero attached hydrogens (tertiary/aromatic N) is 4. The van der Waals surface area contributed by atoms with Crippen LogP contribution in [-0.4, -0.2) is 34.5 Å². The fourth-order valence-electron chi connectivity index (χ4n) is 4.09. The zero-order valence-electron chi connectivity index (χ0n) is 21.5. The number of aromatic nitrogens is 2. The molecule has 0 spiro atoms. The number of non-ortho nitro benzene ring substituents is 1. The van der Waals surface area contributed by atoms with Crippen LogP contribution in [0, 0.1) is 29.4 Å². The Balaban J connectivity index is 1.98. The normalized spacial score (nSPS) is 11.2. The number of terminal acetylenes is 1. The summed E-state index contributed by atoms with van der Waals surface area (Å²) in [7, 11) is 1.62. The first kappa shape index (κ1) is 26.1. The van der Waals surface area contributed by atoms with Crippen LogP contribution in [-0.2, 0) is 0 Å². The molecule has 9 heteroatoms. The second-order valence-electron chi connectivity index (χ2n) is 8.85. The number of hydrogen-bond donors (Lipinski definition) is 0. The third kappa shape index (κ3) is 5.11. The Labute approximate surface area is 219 Å². The van der Waals surface area contributed by atoms with Gasteiger partial charge in [0, 0.05) is 23.3 Å². The number of ether oxygens (including phenoxy) is 2. The van der Waals surface area contributed by atoms with Gasteiger partial charge in [-0.3, -0.25) is 14.9 Å². The third-order valence-electron chi connectivity index (χ3n) is 6.02. The topological polar surface area (TPSA) is 109 Å². The van der Waals surface area contributed by atoms with Crippen molar-refractivity contribution in [2.75, 3.05) is 13.7 Å². The van der Waals surface area contributed by atoms with Gasteiger partial charge in [-0.05, 0) is 54.3 Å². The van der Waals surface area contributed by atoms with E-state index >= 15 is 0 Å². The molecule has 192 valence electrons. The molecule has 0 aliphatic carbocycles. The van der Waals surface area contributed by atoms with Crippen LogP contribution in [0.4, 0.5) is 5.69 Å². The SMILES string of the molecule is C#CCOc1ccc([N+](=O)[O-])cc1C=Nn1c(-c2cc(C(C)C)c(OC)cc2C)nc2ccccc2c1=O. The number of nitro groups is 1. The molecular formula is C29H26N4O5. The average Bonchev–Trinajstić information content (AvgIpc) is 2.91. The molecule has 0 atom stereocenters. The summed E-state index contributed by atoms with van der Waals surface area (Å²) in [6.45, 7) is 5.97. The predicted molar refractivity (Wildman–Crippen MR) is 147 cm³/mol. The van der Waals surface area contributed by atoms with E-state index in [1.165, 1.54) is 29.1 Å². The Morgan fingerprint density at radius 2 is 1.95 bits per heavy atom. The summed E-state index contributed by atoms with van der Waals surface area (Å²) in [4.78, 5) is 29.3. The maximum Gasteiger partial charge on any atom is 0.282 e. The van der Waals surface area contributed by atoms with E-state index in [-0.39, 0.29) is 29.3 Å². The first-order valence-corrected chi connectivity index (χ1v) is 11.8. The van der Waals surface area contributed by atoms with Crippen molar-refractivity contribution >= 4 is 22.8 Å². The number of hydrogen-bond acceptors (Lipinski definition) is 7. The van der Waals surface area contributed by atoms with Gasteiger partial charge in [0.1, 0.15) is 18.1 Å². The number of para-hydroxylation sites is 1. The van der Waals surface area contributed by atoms with Crippen LogP contribution >= 0.6 is 0 Å². The van der Waals surface area contributed by atoms with Gasteiger partial charge < -0.3 is 9.47 Å². The fraction of sp³-hybridized carbons (Fsp3) is 0.207. The Hall–Kier alpha value is -4.97. The lowest BCUT2D eigenvalue weighted by atomic mass is 9.96. The van der Waals surface area contributed by atoms with Gasteiger partial charge >= 0.3 is 0 Å². The number of nitro benzene ring substituents is 1. The summed E-state index contributed by atoms with van der Waals surface area (Å²) in [5, 5.41) is 16.2. The van der Waals surface area contributed by atoms with E-state index in [2.05, 4.69) is 24.9 Å². The second-order valence-corrected chi connectivity index (χ2v) is 8.85. The lowest BCUT2D eigenvalue weighted by Gasteiger charge is -2.17. The van der Waals surface area contributed by atoms with Crippen molar-refractivity contribution in [1.82, 2.24) is 9.66 Å². The molecule has 0 saturated carbocycles. The van der Waals surface area contributed by atoms with Gasteiger partial charge in [0.15, 0.2) is 5.82 Å². The number of fused-ring (bicyclic) bond motifs is 1. The summed E-state index contributed by atoms with van der Waals surface area (Å²) >= 11 is 0. The van der Waals surface area contributed by atoms with Gasteiger partial charge in [-0.1, -0.05) is 31.9 Å². The molecule has 0 fully saturated rings. The Morgan fingerprint density at radius 1 is 1.18 bits per heavy atom. The minimum Gasteiger partial charge on any atom is -0.496 e.